The van der Waals surface area contributed by atoms with Crippen LogP contribution in [0.25, 0.3) is 21.8 Å². The Kier molecular flexibility index (Phi) is 6.13. The fourth-order valence-corrected chi connectivity index (χ4v) is 4.33. The number of nitrogens with one attached hydrogen (secondary N) is 1. The predicted molar refractivity (Wildman–Crippen MR) is 124 cm³/mol. The van der Waals surface area contributed by atoms with Gasteiger partial charge in [-0.05, 0) is 42.6 Å². The molecule has 0 spiro atoms. The molecule has 7 heteroatoms. The summed E-state index contributed by atoms with van der Waals surface area (Å²) in [6, 6.07) is 18.5. The summed E-state index contributed by atoms with van der Waals surface area (Å²) >= 11 is 1.58. The number of para-hydroxylation sites is 2. The molecule has 0 bridgehead atoms. The zero-order valence-corrected chi connectivity index (χ0v) is 18.0. The average Bonchev–Trinajstić information content (AvgIpc) is 3.32. The smallest absolute Gasteiger partial charge is 0.242 e. The second-order valence-electron chi connectivity index (χ2n) is 7.21. The van der Waals surface area contributed by atoms with Crippen molar-refractivity contribution in [1.29, 1.82) is 0 Å². The van der Waals surface area contributed by atoms with E-state index < -0.39 is 0 Å². The van der Waals surface area contributed by atoms with Gasteiger partial charge in [0.25, 0.3) is 0 Å². The predicted octanol–water partition coefficient (Wildman–Crippen LogP) is 3.38. The monoisotopic (exact) mass is 433 g/mol. The molecular weight excluding hydrogens is 410 g/mol. The molecule has 1 N–H and O–H groups in total. The van der Waals surface area contributed by atoms with Crippen LogP contribution in [0, 0.1) is 0 Å². The minimum absolute atomic E-state index is 0.00320. The fraction of sp³-hybridized carbons (Fsp3) is 0.208. The summed E-state index contributed by atoms with van der Waals surface area (Å²) in [6.07, 6.45) is 0. The van der Waals surface area contributed by atoms with E-state index in [-0.39, 0.29) is 30.3 Å². The topological polar surface area (TPSA) is 71.4 Å². The Hall–Kier alpha value is -3.45. The van der Waals surface area contributed by atoms with E-state index in [4.69, 9.17) is 0 Å². The first-order valence-corrected chi connectivity index (χ1v) is 11.0. The van der Waals surface area contributed by atoms with E-state index in [1.54, 1.807) is 23.5 Å². The second-order valence-corrected chi connectivity index (χ2v) is 8.25. The molecule has 2 aromatic carbocycles. The molecule has 6 nitrogen and oxygen atoms in total. The van der Waals surface area contributed by atoms with Crippen molar-refractivity contribution >= 4 is 45.0 Å². The summed E-state index contributed by atoms with van der Waals surface area (Å²) < 4.78 is 1.86. The first-order valence-electron chi connectivity index (χ1n) is 10.2. The fourth-order valence-electron chi connectivity index (χ4n) is 3.69. The lowest BCUT2D eigenvalue weighted by Gasteiger charge is -2.22. The van der Waals surface area contributed by atoms with Gasteiger partial charge in [0.15, 0.2) is 5.43 Å². The Morgan fingerprint density at radius 3 is 2.19 bits per heavy atom. The lowest BCUT2D eigenvalue weighted by atomic mass is 10.1. The maximum absolute atomic E-state index is 13.1. The van der Waals surface area contributed by atoms with Gasteiger partial charge in [0.05, 0.1) is 24.1 Å². The van der Waals surface area contributed by atoms with Crippen LogP contribution in [-0.2, 0) is 22.7 Å². The quantitative estimate of drug-likeness (QED) is 0.454. The van der Waals surface area contributed by atoms with Crippen molar-refractivity contribution in [2.24, 2.45) is 0 Å². The van der Waals surface area contributed by atoms with Gasteiger partial charge in [0, 0.05) is 22.2 Å². The van der Waals surface area contributed by atoms with Crippen LogP contribution in [0.4, 0.5) is 0 Å². The summed E-state index contributed by atoms with van der Waals surface area (Å²) in [7, 11) is 0. The van der Waals surface area contributed by atoms with E-state index in [1.807, 2.05) is 65.4 Å². The highest BCUT2D eigenvalue weighted by Crippen LogP contribution is 2.19. The van der Waals surface area contributed by atoms with Crippen LogP contribution in [0.5, 0.6) is 0 Å². The summed E-state index contributed by atoms with van der Waals surface area (Å²) in [5, 5.41) is 5.98. The highest BCUT2D eigenvalue weighted by atomic mass is 32.1. The van der Waals surface area contributed by atoms with Gasteiger partial charge in [-0.25, -0.2) is 0 Å². The van der Waals surface area contributed by atoms with Crippen LogP contribution in [0.15, 0.2) is 70.8 Å². The lowest BCUT2D eigenvalue weighted by molar-refractivity contribution is -0.136. The first-order chi connectivity index (χ1) is 15.1. The van der Waals surface area contributed by atoms with Crippen molar-refractivity contribution < 1.29 is 9.59 Å². The van der Waals surface area contributed by atoms with Gasteiger partial charge in [-0.2, -0.15) is 0 Å². The molecule has 158 valence electrons. The number of nitrogens with zero attached hydrogens (tertiary/aromatic N) is 2. The maximum atomic E-state index is 13.1. The van der Waals surface area contributed by atoms with E-state index in [0.717, 1.165) is 4.88 Å². The minimum atomic E-state index is -0.196. The third-order valence-corrected chi connectivity index (χ3v) is 6.16. The molecule has 0 atom stereocenters. The SMILES string of the molecule is CCN(CC(=O)NCc1cccs1)C(=O)Cn1c2ccccc2c(=O)c2ccccc21. The maximum Gasteiger partial charge on any atom is 0.242 e. The Bertz CT molecular complexity index is 1230. The van der Waals surface area contributed by atoms with E-state index in [2.05, 4.69) is 5.32 Å². The molecule has 0 radical (unpaired) electrons. The number of fused-ring (bicyclic) bond motifs is 2. The third kappa shape index (κ3) is 4.36. The average molecular weight is 434 g/mol. The molecule has 31 heavy (non-hydrogen) atoms. The van der Waals surface area contributed by atoms with Crippen LogP contribution in [0.3, 0.4) is 0 Å². The van der Waals surface area contributed by atoms with Gasteiger partial charge in [-0.1, -0.05) is 30.3 Å². The van der Waals surface area contributed by atoms with Crippen LogP contribution in [0.1, 0.15) is 11.8 Å². The number of hydrogen-bond acceptors (Lipinski definition) is 4. The number of pyridine rings is 1. The number of aromatic nitrogens is 1. The van der Waals surface area contributed by atoms with Crippen molar-refractivity contribution in [1.82, 2.24) is 14.8 Å². The van der Waals surface area contributed by atoms with Crippen molar-refractivity contribution in [3.63, 3.8) is 0 Å². The number of hydrogen-bond donors (Lipinski definition) is 1. The molecule has 2 amide bonds. The zero-order valence-electron chi connectivity index (χ0n) is 17.2. The van der Waals surface area contributed by atoms with Crippen molar-refractivity contribution in [3.8, 4) is 0 Å². The van der Waals surface area contributed by atoms with Crippen LogP contribution in [-0.4, -0.2) is 34.4 Å². The minimum Gasteiger partial charge on any atom is -0.350 e. The third-order valence-electron chi connectivity index (χ3n) is 5.28. The van der Waals surface area contributed by atoms with Gasteiger partial charge >= 0.3 is 0 Å². The Labute approximate surface area is 183 Å². The van der Waals surface area contributed by atoms with Crippen molar-refractivity contribution in [2.45, 2.75) is 20.0 Å². The number of benzene rings is 2. The highest BCUT2D eigenvalue weighted by molar-refractivity contribution is 7.09. The summed E-state index contributed by atoms with van der Waals surface area (Å²) in [5.74, 6) is -0.369. The molecule has 0 saturated carbocycles. The Morgan fingerprint density at radius 2 is 1.61 bits per heavy atom. The Morgan fingerprint density at radius 1 is 0.968 bits per heavy atom. The highest BCUT2D eigenvalue weighted by Gasteiger charge is 2.18. The van der Waals surface area contributed by atoms with Crippen molar-refractivity contribution in [3.05, 3.63) is 81.1 Å². The number of carbonyl (C=O) groups excluding carboxylic acids is 2. The van der Waals surface area contributed by atoms with E-state index in [0.29, 0.717) is 34.9 Å². The molecule has 0 unspecified atom stereocenters. The molecule has 0 aliphatic heterocycles. The molecule has 2 aromatic heterocycles. The van der Waals surface area contributed by atoms with Gasteiger partial charge in [0.2, 0.25) is 11.8 Å². The molecule has 2 heterocycles. The van der Waals surface area contributed by atoms with E-state index in [1.165, 1.54) is 4.90 Å². The van der Waals surface area contributed by atoms with Crippen LogP contribution < -0.4 is 10.7 Å². The Balaban J connectivity index is 1.58. The van der Waals surface area contributed by atoms with Crippen molar-refractivity contribution in [2.75, 3.05) is 13.1 Å². The van der Waals surface area contributed by atoms with Gasteiger partial charge in [-0.15, -0.1) is 11.3 Å². The molecule has 0 fully saturated rings. The largest absolute Gasteiger partial charge is 0.350 e. The molecule has 4 aromatic rings. The van der Waals surface area contributed by atoms with E-state index in [9.17, 15) is 14.4 Å². The number of rotatable bonds is 7. The molecule has 0 saturated heterocycles. The van der Waals surface area contributed by atoms with Gasteiger partial charge < -0.3 is 14.8 Å². The van der Waals surface area contributed by atoms with Gasteiger partial charge in [-0.3, -0.25) is 14.4 Å². The summed E-state index contributed by atoms with van der Waals surface area (Å²) in [5.41, 5.74) is 1.37. The van der Waals surface area contributed by atoms with Crippen LogP contribution in [0.2, 0.25) is 0 Å². The summed E-state index contributed by atoms with van der Waals surface area (Å²) in [6.45, 7) is 2.77. The molecule has 4 rings (SSSR count). The van der Waals surface area contributed by atoms with E-state index >= 15 is 0 Å². The number of amides is 2. The summed E-state index contributed by atoms with van der Waals surface area (Å²) in [4.78, 5) is 41.0. The van der Waals surface area contributed by atoms with Crippen LogP contribution >= 0.6 is 11.3 Å². The molecular formula is C24H23N3O3S. The standard InChI is InChI=1S/C24H23N3O3S/c1-2-26(15-22(28)25-14-17-8-7-13-31-17)23(29)16-27-20-11-5-3-9-18(20)24(30)19-10-4-6-12-21(19)27/h3-13H,2,14-16H2,1H3,(H,25,28). The zero-order chi connectivity index (χ0) is 21.8. The lowest BCUT2D eigenvalue weighted by Crippen LogP contribution is -2.41. The number of carbonyl (C=O) groups is 2. The second kappa shape index (κ2) is 9.14. The number of thiophene rings is 1. The number of likely N-dealkylation sites (N-methyl/N-ethyl adjacent to an activating group) is 1. The van der Waals surface area contributed by atoms with Gasteiger partial charge in [0.1, 0.15) is 6.54 Å². The molecule has 0 aliphatic carbocycles. The molecule has 0 aliphatic rings. The normalized spacial score (nSPS) is 11.0. The first kappa shape index (κ1) is 20.8.